The van der Waals surface area contributed by atoms with Crippen LogP contribution in [0.5, 0.6) is 0 Å². The Morgan fingerprint density at radius 2 is 1.70 bits per heavy atom. The van der Waals surface area contributed by atoms with Crippen molar-refractivity contribution in [1.82, 2.24) is 15.2 Å². The highest BCUT2D eigenvalue weighted by Gasteiger charge is 2.29. The van der Waals surface area contributed by atoms with Gasteiger partial charge in [-0.2, -0.15) is 0 Å². The fraction of sp³-hybridized carbons (Fsp3) is 0.323. The first-order valence-electron chi connectivity index (χ1n) is 13.7. The van der Waals surface area contributed by atoms with Gasteiger partial charge in [0.2, 0.25) is 10.0 Å². The Bertz CT molecular complexity index is 1590. The third kappa shape index (κ3) is 5.91. The number of anilines is 1. The molecule has 0 radical (unpaired) electrons. The molecule has 8 nitrogen and oxygen atoms in total. The van der Waals surface area contributed by atoms with Crippen molar-refractivity contribution in [2.75, 3.05) is 23.7 Å². The van der Waals surface area contributed by atoms with Gasteiger partial charge >= 0.3 is 0 Å². The Morgan fingerprint density at radius 3 is 2.38 bits per heavy atom. The fourth-order valence-electron chi connectivity index (χ4n) is 5.35. The zero-order chi connectivity index (χ0) is 28.3. The van der Waals surface area contributed by atoms with Crippen molar-refractivity contribution >= 4 is 32.5 Å². The molecule has 0 aliphatic carbocycles. The van der Waals surface area contributed by atoms with Crippen LogP contribution in [0.25, 0.3) is 10.9 Å². The zero-order valence-electron chi connectivity index (χ0n) is 22.9. The summed E-state index contributed by atoms with van der Waals surface area (Å²) in [5.41, 5.74) is 4.75. The Balaban J connectivity index is 1.42. The van der Waals surface area contributed by atoms with Gasteiger partial charge in [0.15, 0.2) is 0 Å². The van der Waals surface area contributed by atoms with Crippen LogP contribution in [-0.2, 0) is 36.0 Å². The Kier molecular flexibility index (Phi) is 8.25. The lowest BCUT2D eigenvalue weighted by Crippen LogP contribution is -2.48. The Labute approximate surface area is 235 Å². The van der Waals surface area contributed by atoms with Crippen LogP contribution in [0.15, 0.2) is 79.0 Å². The van der Waals surface area contributed by atoms with Gasteiger partial charge in [0, 0.05) is 43.8 Å². The van der Waals surface area contributed by atoms with Crippen molar-refractivity contribution in [2.45, 2.75) is 45.0 Å². The molecule has 40 heavy (non-hydrogen) atoms. The molecule has 1 aromatic heterocycles. The second-order valence-corrected chi connectivity index (χ2v) is 12.4. The number of rotatable bonds is 10. The molecule has 9 heteroatoms. The zero-order valence-corrected chi connectivity index (χ0v) is 23.7. The Hall–Kier alpha value is -3.66. The molecule has 1 aliphatic rings. The molecule has 210 valence electrons. The van der Waals surface area contributed by atoms with Gasteiger partial charge in [0.1, 0.15) is 0 Å². The monoisotopic (exact) mass is 560 g/mol. The second kappa shape index (κ2) is 11.8. The minimum absolute atomic E-state index is 0.0177. The number of nitrogens with one attached hydrogen (secondary N) is 2. The van der Waals surface area contributed by atoms with Crippen LogP contribution < -0.4 is 14.9 Å². The molecular formula is C31H36N4O4S. The van der Waals surface area contributed by atoms with E-state index >= 15 is 0 Å². The highest BCUT2D eigenvalue weighted by atomic mass is 32.2. The van der Waals surface area contributed by atoms with E-state index in [4.69, 9.17) is 0 Å². The number of nitrogens with zero attached hydrogens (tertiary/aromatic N) is 2. The van der Waals surface area contributed by atoms with E-state index in [2.05, 4.69) is 15.2 Å². The van der Waals surface area contributed by atoms with Crippen molar-refractivity contribution in [3.63, 3.8) is 0 Å². The number of carbonyl (C=O) groups is 1. The number of amides is 1. The van der Waals surface area contributed by atoms with Crippen LogP contribution in [-0.4, -0.2) is 55.5 Å². The molecule has 3 aromatic carbocycles. The maximum Gasteiger partial charge on any atom is 0.251 e. The number of aliphatic hydroxyl groups excluding tert-OH is 1. The number of aliphatic hydroxyl groups is 1. The second-order valence-electron chi connectivity index (χ2n) is 10.3. The minimum Gasteiger partial charge on any atom is -0.390 e. The molecule has 1 amide bonds. The maximum absolute atomic E-state index is 13.7. The van der Waals surface area contributed by atoms with Gasteiger partial charge in [0.25, 0.3) is 5.91 Å². The largest absolute Gasteiger partial charge is 0.390 e. The maximum atomic E-state index is 13.7. The van der Waals surface area contributed by atoms with Gasteiger partial charge in [-0.3, -0.25) is 9.10 Å². The number of aromatic nitrogens is 1. The minimum atomic E-state index is -3.51. The van der Waals surface area contributed by atoms with Crippen LogP contribution >= 0.6 is 0 Å². The van der Waals surface area contributed by atoms with Crippen molar-refractivity contribution < 1.29 is 18.3 Å². The van der Waals surface area contributed by atoms with Crippen LogP contribution in [0, 0.1) is 0 Å². The number of sulfonamides is 1. The van der Waals surface area contributed by atoms with E-state index in [0.717, 1.165) is 27.6 Å². The summed E-state index contributed by atoms with van der Waals surface area (Å²) in [6, 6.07) is 22.6. The van der Waals surface area contributed by atoms with Crippen molar-refractivity contribution in [2.24, 2.45) is 0 Å². The molecule has 0 spiro atoms. The van der Waals surface area contributed by atoms with Crippen LogP contribution in [0.2, 0.25) is 0 Å². The molecule has 5 rings (SSSR count). The highest BCUT2D eigenvalue weighted by molar-refractivity contribution is 7.92. The topological polar surface area (TPSA) is 104 Å². The molecule has 0 saturated carbocycles. The van der Waals surface area contributed by atoms with Gasteiger partial charge in [0.05, 0.1) is 29.1 Å². The van der Waals surface area contributed by atoms with Crippen molar-refractivity contribution in [1.29, 1.82) is 0 Å². The first-order chi connectivity index (χ1) is 19.3. The molecular weight excluding hydrogens is 524 g/mol. The van der Waals surface area contributed by atoms with Gasteiger partial charge < -0.3 is 20.3 Å². The fourth-order valence-corrected chi connectivity index (χ4v) is 6.55. The predicted molar refractivity (Wildman–Crippen MR) is 159 cm³/mol. The number of benzene rings is 3. The number of aryl methyl sites for hydroxylation is 2. The highest BCUT2D eigenvalue weighted by Crippen LogP contribution is 2.36. The number of hydrogen-bond acceptors (Lipinski definition) is 5. The predicted octanol–water partition coefficient (Wildman–Crippen LogP) is 3.48. The molecule has 2 heterocycles. The lowest BCUT2D eigenvalue weighted by molar-refractivity contribution is 0.0830. The summed E-state index contributed by atoms with van der Waals surface area (Å²) >= 11 is 0. The van der Waals surface area contributed by atoms with Gasteiger partial charge in [-0.05, 0) is 48.6 Å². The average molecular weight is 561 g/mol. The van der Waals surface area contributed by atoms with E-state index in [9.17, 15) is 18.3 Å². The molecule has 2 atom stereocenters. The van der Waals surface area contributed by atoms with Gasteiger partial charge in [-0.25, -0.2) is 8.42 Å². The van der Waals surface area contributed by atoms with E-state index in [1.807, 2.05) is 79.9 Å². The lowest BCUT2D eigenvalue weighted by Gasteiger charge is -2.25. The van der Waals surface area contributed by atoms with Crippen molar-refractivity contribution in [3.05, 3.63) is 101 Å². The van der Waals surface area contributed by atoms with Crippen LogP contribution in [0.4, 0.5) is 5.69 Å². The van der Waals surface area contributed by atoms with Gasteiger partial charge in [-0.1, -0.05) is 60.7 Å². The molecule has 0 fully saturated rings. The lowest BCUT2D eigenvalue weighted by atomic mass is 10.00. The first kappa shape index (κ1) is 27.9. The van der Waals surface area contributed by atoms with Crippen LogP contribution in [0.1, 0.15) is 34.0 Å². The van der Waals surface area contributed by atoms with Crippen LogP contribution in [0.3, 0.4) is 0 Å². The normalized spacial score (nSPS) is 15.9. The SMILES string of the molecule is CCn1cc2c3c(cc(C(=O)N[C@@H](Cc4ccccc4)[C@H](O)CNCc4ccccc4)cc31)N(C)S(=O)(=O)CC2. The molecule has 1 aliphatic heterocycles. The standard InChI is InChI=1S/C31H36N4O4S/c1-3-35-21-24-14-15-40(38,39)34(2)27-17-25(18-28(35)30(24)27)31(37)33-26(16-22-10-6-4-7-11-22)29(36)20-32-19-23-12-8-5-9-13-23/h4-13,17-18,21,26,29,32,36H,3,14-16,19-20H2,1-2H3,(H,33,37)/t26-,29+/m0/s1. The number of carbonyl (C=O) groups excluding carboxylic acids is 1. The van der Waals surface area contributed by atoms with Gasteiger partial charge in [-0.15, -0.1) is 0 Å². The summed E-state index contributed by atoms with van der Waals surface area (Å²) < 4.78 is 29.1. The molecule has 0 unspecified atom stereocenters. The molecule has 0 bridgehead atoms. The first-order valence-corrected chi connectivity index (χ1v) is 15.3. The summed E-state index contributed by atoms with van der Waals surface area (Å²) in [6.45, 7) is 3.61. The smallest absolute Gasteiger partial charge is 0.251 e. The van der Waals surface area contributed by atoms with E-state index in [1.54, 1.807) is 13.1 Å². The quantitative estimate of drug-likeness (QED) is 0.276. The number of hydrogen-bond donors (Lipinski definition) is 3. The summed E-state index contributed by atoms with van der Waals surface area (Å²) in [4.78, 5) is 13.7. The molecule has 3 N–H and O–H groups in total. The third-order valence-electron chi connectivity index (χ3n) is 7.63. The van der Waals surface area contributed by atoms with E-state index < -0.39 is 22.2 Å². The summed E-state index contributed by atoms with van der Waals surface area (Å²) in [5.74, 6) is -0.342. The average Bonchev–Trinajstić information content (AvgIpc) is 3.29. The van der Waals surface area contributed by atoms with Crippen molar-refractivity contribution in [3.8, 4) is 0 Å². The summed E-state index contributed by atoms with van der Waals surface area (Å²) in [5, 5.41) is 18.4. The van der Waals surface area contributed by atoms with E-state index in [1.165, 1.54) is 4.31 Å². The summed E-state index contributed by atoms with van der Waals surface area (Å²) in [6.07, 6.45) is 2.01. The van der Waals surface area contributed by atoms with E-state index in [0.29, 0.717) is 43.7 Å². The summed E-state index contributed by atoms with van der Waals surface area (Å²) in [7, 11) is -1.96. The molecule has 4 aromatic rings. The Morgan fingerprint density at radius 1 is 1.02 bits per heavy atom. The third-order valence-corrected chi connectivity index (χ3v) is 9.38. The van der Waals surface area contributed by atoms with E-state index in [-0.39, 0.29) is 11.7 Å². The molecule has 0 saturated heterocycles.